The third-order valence-corrected chi connectivity index (χ3v) is 8.29. The number of benzene rings is 4. The molecule has 4 heterocycles. The standard InChI is InChI=1S/C43H30N6/c1-29-18-20-30(21-19-29)33-24-34(35-27-39(37-16-8-10-22-44-37)46-40(28-35)38-17-9-11-23-45-38)26-36(25-33)43-48-41(31-12-4-2-5-13-31)47-42(49-43)32-14-6-3-7-15-32/h2-28H,1H3. The SMILES string of the molecule is Cc1ccc(-c2cc(-c3cc(-c4ccccn4)nc(-c4ccccn4)c3)cc(-c3nc(-c4ccccc4)nc(-c4ccccc4)n3)c2)cc1. The van der Waals surface area contributed by atoms with Gasteiger partial charge in [-0.15, -0.1) is 0 Å². The van der Waals surface area contributed by atoms with Crippen LogP contribution in [0.15, 0.2) is 164 Å². The second-order valence-corrected chi connectivity index (χ2v) is 11.8. The van der Waals surface area contributed by atoms with E-state index in [4.69, 9.17) is 19.9 Å². The number of aromatic nitrogens is 6. The summed E-state index contributed by atoms with van der Waals surface area (Å²) < 4.78 is 0. The van der Waals surface area contributed by atoms with E-state index in [-0.39, 0.29) is 0 Å². The molecule has 0 N–H and O–H groups in total. The molecule has 0 amide bonds. The van der Waals surface area contributed by atoms with Crippen LogP contribution < -0.4 is 0 Å². The van der Waals surface area contributed by atoms with Gasteiger partial charge in [0.2, 0.25) is 0 Å². The molecule has 0 bridgehead atoms. The fourth-order valence-corrected chi connectivity index (χ4v) is 5.76. The molecule has 6 heteroatoms. The van der Waals surface area contributed by atoms with Crippen LogP contribution in [0, 0.1) is 6.92 Å². The van der Waals surface area contributed by atoms with Gasteiger partial charge in [0.25, 0.3) is 0 Å². The summed E-state index contributed by atoms with van der Waals surface area (Å²) in [4.78, 5) is 29.3. The Hall–Kier alpha value is -6.66. The Morgan fingerprint density at radius 3 is 1.22 bits per heavy atom. The number of nitrogens with zero attached hydrogens (tertiary/aromatic N) is 6. The van der Waals surface area contributed by atoms with Gasteiger partial charge < -0.3 is 0 Å². The highest BCUT2D eigenvalue weighted by atomic mass is 15.0. The first-order valence-electron chi connectivity index (χ1n) is 16.1. The number of hydrogen-bond acceptors (Lipinski definition) is 6. The third kappa shape index (κ3) is 6.48. The van der Waals surface area contributed by atoms with Crippen molar-refractivity contribution in [1.82, 2.24) is 29.9 Å². The van der Waals surface area contributed by atoms with E-state index in [9.17, 15) is 0 Å². The quantitative estimate of drug-likeness (QED) is 0.174. The topological polar surface area (TPSA) is 77.3 Å². The summed E-state index contributed by atoms with van der Waals surface area (Å²) in [5, 5.41) is 0. The minimum Gasteiger partial charge on any atom is -0.255 e. The van der Waals surface area contributed by atoms with Gasteiger partial charge in [0.15, 0.2) is 17.5 Å². The van der Waals surface area contributed by atoms with Crippen LogP contribution in [0.1, 0.15) is 5.56 Å². The Morgan fingerprint density at radius 2 is 0.735 bits per heavy atom. The van der Waals surface area contributed by atoms with E-state index in [0.29, 0.717) is 17.5 Å². The zero-order valence-corrected chi connectivity index (χ0v) is 26.8. The van der Waals surface area contributed by atoms with E-state index in [1.54, 1.807) is 12.4 Å². The Balaban J connectivity index is 1.37. The van der Waals surface area contributed by atoms with Gasteiger partial charge in [-0.3, -0.25) is 9.97 Å². The number of hydrogen-bond donors (Lipinski definition) is 0. The highest BCUT2D eigenvalue weighted by molar-refractivity contribution is 5.83. The largest absolute Gasteiger partial charge is 0.255 e. The van der Waals surface area contributed by atoms with Crippen molar-refractivity contribution in [2.75, 3.05) is 0 Å². The van der Waals surface area contributed by atoms with Crippen LogP contribution in [0.3, 0.4) is 0 Å². The van der Waals surface area contributed by atoms with Crippen molar-refractivity contribution in [1.29, 1.82) is 0 Å². The highest BCUT2D eigenvalue weighted by Crippen LogP contribution is 2.36. The smallest absolute Gasteiger partial charge is 0.164 e. The molecule has 232 valence electrons. The fourth-order valence-electron chi connectivity index (χ4n) is 5.76. The molecule has 0 saturated heterocycles. The van der Waals surface area contributed by atoms with Crippen LogP contribution >= 0.6 is 0 Å². The van der Waals surface area contributed by atoms with E-state index < -0.39 is 0 Å². The molecule has 0 unspecified atom stereocenters. The first kappa shape index (κ1) is 29.7. The highest BCUT2D eigenvalue weighted by Gasteiger charge is 2.16. The number of pyridine rings is 3. The van der Waals surface area contributed by atoms with Crippen LogP contribution in [0.2, 0.25) is 0 Å². The predicted molar refractivity (Wildman–Crippen MR) is 196 cm³/mol. The van der Waals surface area contributed by atoms with Crippen molar-refractivity contribution in [2.24, 2.45) is 0 Å². The van der Waals surface area contributed by atoms with Gasteiger partial charge in [-0.2, -0.15) is 0 Å². The summed E-state index contributed by atoms with van der Waals surface area (Å²) in [6.45, 7) is 2.10. The Labute approximate surface area is 285 Å². The van der Waals surface area contributed by atoms with Crippen molar-refractivity contribution in [2.45, 2.75) is 6.92 Å². The lowest BCUT2D eigenvalue weighted by Crippen LogP contribution is -2.00. The van der Waals surface area contributed by atoms with E-state index in [1.807, 2.05) is 97.1 Å². The molecule has 8 aromatic rings. The zero-order valence-electron chi connectivity index (χ0n) is 26.8. The minimum atomic E-state index is 0.590. The van der Waals surface area contributed by atoms with Gasteiger partial charge >= 0.3 is 0 Å². The molecular formula is C43H30N6. The Morgan fingerprint density at radius 1 is 0.306 bits per heavy atom. The molecule has 0 spiro atoms. The predicted octanol–water partition coefficient (Wildman–Crippen LogP) is 10.0. The van der Waals surface area contributed by atoms with Gasteiger partial charge in [0.05, 0.1) is 22.8 Å². The van der Waals surface area contributed by atoms with Gasteiger partial charge in [-0.1, -0.05) is 103 Å². The summed E-state index contributed by atoms with van der Waals surface area (Å²) in [5.74, 6) is 1.82. The molecule has 0 atom stereocenters. The average Bonchev–Trinajstić information content (AvgIpc) is 3.19. The third-order valence-electron chi connectivity index (χ3n) is 8.29. The van der Waals surface area contributed by atoms with Crippen LogP contribution in [0.4, 0.5) is 0 Å². The lowest BCUT2D eigenvalue weighted by atomic mass is 9.94. The number of rotatable bonds is 7. The zero-order chi connectivity index (χ0) is 33.0. The summed E-state index contributed by atoms with van der Waals surface area (Å²) in [7, 11) is 0. The molecule has 6 nitrogen and oxygen atoms in total. The van der Waals surface area contributed by atoms with Crippen molar-refractivity contribution in [3.05, 3.63) is 170 Å². The second-order valence-electron chi connectivity index (χ2n) is 11.8. The molecule has 0 aliphatic carbocycles. The summed E-state index contributed by atoms with van der Waals surface area (Å²) in [5.41, 5.74) is 11.1. The van der Waals surface area contributed by atoms with Gasteiger partial charge in [0.1, 0.15) is 0 Å². The minimum absolute atomic E-state index is 0.590. The van der Waals surface area contributed by atoms with Crippen LogP contribution in [-0.4, -0.2) is 29.9 Å². The van der Waals surface area contributed by atoms with E-state index in [2.05, 4.69) is 71.5 Å². The molecule has 4 aromatic heterocycles. The maximum absolute atomic E-state index is 5.06. The molecule has 0 fully saturated rings. The van der Waals surface area contributed by atoms with Gasteiger partial charge in [-0.25, -0.2) is 19.9 Å². The lowest BCUT2D eigenvalue weighted by molar-refractivity contribution is 1.07. The molecule has 0 saturated carbocycles. The molecular weight excluding hydrogens is 601 g/mol. The first-order chi connectivity index (χ1) is 24.2. The molecule has 49 heavy (non-hydrogen) atoms. The van der Waals surface area contributed by atoms with Crippen molar-refractivity contribution in [3.8, 4) is 79.2 Å². The first-order valence-corrected chi connectivity index (χ1v) is 16.1. The Kier molecular flexibility index (Phi) is 8.02. The van der Waals surface area contributed by atoms with E-state index in [0.717, 1.165) is 61.7 Å². The average molecular weight is 631 g/mol. The molecule has 0 aliphatic heterocycles. The van der Waals surface area contributed by atoms with Crippen molar-refractivity contribution < 1.29 is 0 Å². The molecule has 0 aliphatic rings. The summed E-state index contributed by atoms with van der Waals surface area (Å²) in [6, 6.07) is 51.1. The Bertz CT molecular complexity index is 2100. The van der Waals surface area contributed by atoms with Crippen LogP contribution in [-0.2, 0) is 0 Å². The lowest BCUT2D eigenvalue weighted by Gasteiger charge is -2.14. The molecule has 8 rings (SSSR count). The maximum atomic E-state index is 5.06. The van der Waals surface area contributed by atoms with Crippen molar-refractivity contribution >= 4 is 0 Å². The van der Waals surface area contributed by atoms with E-state index in [1.165, 1.54) is 5.56 Å². The fraction of sp³-hybridized carbons (Fsp3) is 0.0233. The molecule has 0 radical (unpaired) electrons. The van der Waals surface area contributed by atoms with Gasteiger partial charge in [0, 0.05) is 29.1 Å². The van der Waals surface area contributed by atoms with Crippen LogP contribution in [0.5, 0.6) is 0 Å². The summed E-state index contributed by atoms with van der Waals surface area (Å²) in [6.07, 6.45) is 3.57. The molecule has 4 aromatic carbocycles. The maximum Gasteiger partial charge on any atom is 0.164 e. The summed E-state index contributed by atoms with van der Waals surface area (Å²) >= 11 is 0. The van der Waals surface area contributed by atoms with Gasteiger partial charge in [-0.05, 0) is 83.8 Å². The van der Waals surface area contributed by atoms with E-state index >= 15 is 0 Å². The normalized spacial score (nSPS) is 11.0. The second kappa shape index (κ2) is 13.2. The number of aryl methyl sites for hydroxylation is 1. The monoisotopic (exact) mass is 630 g/mol. The van der Waals surface area contributed by atoms with Crippen molar-refractivity contribution in [3.63, 3.8) is 0 Å². The van der Waals surface area contributed by atoms with Crippen LogP contribution in [0.25, 0.3) is 79.2 Å².